The second-order valence-electron chi connectivity index (χ2n) is 5.90. The third-order valence-corrected chi connectivity index (χ3v) is 4.90. The van der Waals surface area contributed by atoms with Crippen LogP contribution in [0.3, 0.4) is 0 Å². The Morgan fingerprint density at radius 2 is 1.90 bits per heavy atom. The molecule has 2 aromatic carbocycles. The molecule has 10 heteroatoms. The van der Waals surface area contributed by atoms with E-state index in [2.05, 4.69) is 20.3 Å². The summed E-state index contributed by atoms with van der Waals surface area (Å²) in [6.07, 6.45) is 0. The van der Waals surface area contributed by atoms with Gasteiger partial charge in [0.2, 0.25) is 16.9 Å². The molecule has 4 aromatic rings. The molecule has 0 saturated heterocycles. The molecule has 0 saturated carbocycles. The molecule has 0 atom stereocenters. The van der Waals surface area contributed by atoms with Crippen molar-refractivity contribution in [3.63, 3.8) is 0 Å². The molecule has 0 aliphatic carbocycles. The standard InChI is InChI=1S/C19H18N6O3S/c1-26-14-8-5-9-15(10-14)27-11-16-22-23-19(25(16)20)29-12-17-21-18(24-28-17)13-6-3-2-4-7-13/h2-10H,11-12,20H2,1H3. The Kier molecular flexibility index (Phi) is 5.61. The zero-order valence-electron chi connectivity index (χ0n) is 15.6. The summed E-state index contributed by atoms with van der Waals surface area (Å²) in [6, 6.07) is 16.9. The van der Waals surface area contributed by atoms with Gasteiger partial charge in [0.25, 0.3) is 0 Å². The van der Waals surface area contributed by atoms with E-state index in [9.17, 15) is 0 Å². The number of ether oxygens (including phenoxy) is 2. The summed E-state index contributed by atoms with van der Waals surface area (Å²) in [5.74, 6) is 9.38. The summed E-state index contributed by atoms with van der Waals surface area (Å²) in [6.45, 7) is 0.177. The lowest BCUT2D eigenvalue weighted by molar-refractivity contribution is 0.289. The Morgan fingerprint density at radius 1 is 1.07 bits per heavy atom. The molecular weight excluding hydrogens is 392 g/mol. The van der Waals surface area contributed by atoms with Crippen molar-refractivity contribution in [2.45, 2.75) is 17.5 Å². The van der Waals surface area contributed by atoms with Gasteiger partial charge in [0.05, 0.1) is 12.9 Å². The number of nitrogens with two attached hydrogens (primary N) is 1. The highest BCUT2D eigenvalue weighted by Crippen LogP contribution is 2.23. The van der Waals surface area contributed by atoms with Crippen LogP contribution in [0.5, 0.6) is 11.5 Å². The summed E-state index contributed by atoms with van der Waals surface area (Å²) < 4.78 is 17.6. The summed E-state index contributed by atoms with van der Waals surface area (Å²) in [4.78, 5) is 4.39. The van der Waals surface area contributed by atoms with Crippen LogP contribution >= 0.6 is 11.8 Å². The van der Waals surface area contributed by atoms with Crippen molar-refractivity contribution in [3.8, 4) is 22.9 Å². The van der Waals surface area contributed by atoms with Gasteiger partial charge < -0.3 is 19.8 Å². The van der Waals surface area contributed by atoms with Crippen molar-refractivity contribution < 1.29 is 14.0 Å². The lowest BCUT2D eigenvalue weighted by Gasteiger charge is -2.07. The van der Waals surface area contributed by atoms with Crippen LogP contribution in [-0.4, -0.2) is 32.1 Å². The van der Waals surface area contributed by atoms with Gasteiger partial charge in [-0.15, -0.1) is 10.2 Å². The average molecular weight is 410 g/mol. The third-order valence-electron chi connectivity index (χ3n) is 3.97. The minimum absolute atomic E-state index is 0.177. The summed E-state index contributed by atoms with van der Waals surface area (Å²) in [7, 11) is 1.60. The highest BCUT2D eigenvalue weighted by Gasteiger charge is 2.14. The molecule has 0 unspecified atom stereocenters. The maximum Gasteiger partial charge on any atom is 0.237 e. The molecule has 4 rings (SSSR count). The molecule has 0 fully saturated rings. The van der Waals surface area contributed by atoms with Crippen molar-refractivity contribution in [2.75, 3.05) is 13.0 Å². The first-order chi connectivity index (χ1) is 14.2. The van der Waals surface area contributed by atoms with Gasteiger partial charge in [0.15, 0.2) is 5.82 Å². The molecule has 29 heavy (non-hydrogen) atoms. The highest BCUT2D eigenvalue weighted by atomic mass is 32.2. The minimum atomic E-state index is 0.177. The van der Waals surface area contributed by atoms with Crippen LogP contribution in [0.15, 0.2) is 64.3 Å². The quantitative estimate of drug-likeness (QED) is 0.346. The van der Waals surface area contributed by atoms with E-state index < -0.39 is 0 Å². The van der Waals surface area contributed by atoms with Crippen LogP contribution in [0.4, 0.5) is 0 Å². The second kappa shape index (κ2) is 8.65. The number of methoxy groups -OCH3 is 1. The predicted octanol–water partition coefficient (Wildman–Crippen LogP) is 2.92. The van der Waals surface area contributed by atoms with E-state index in [1.165, 1.54) is 16.4 Å². The van der Waals surface area contributed by atoms with Crippen molar-refractivity contribution in [1.29, 1.82) is 0 Å². The molecule has 2 aromatic heterocycles. The van der Waals surface area contributed by atoms with Crippen LogP contribution < -0.4 is 15.3 Å². The molecule has 0 aliphatic rings. The largest absolute Gasteiger partial charge is 0.497 e. The average Bonchev–Trinajstić information content (AvgIpc) is 3.38. The number of hydrogen-bond donors (Lipinski definition) is 1. The van der Waals surface area contributed by atoms with Gasteiger partial charge >= 0.3 is 0 Å². The van der Waals surface area contributed by atoms with Gasteiger partial charge in [-0.05, 0) is 12.1 Å². The SMILES string of the molecule is COc1cccc(OCc2nnc(SCc3nc(-c4ccccc4)no3)n2N)c1. The van der Waals surface area contributed by atoms with Crippen LogP contribution in [0, 0.1) is 0 Å². The fraction of sp³-hybridized carbons (Fsp3) is 0.158. The van der Waals surface area contributed by atoms with Crippen molar-refractivity contribution in [1.82, 2.24) is 25.0 Å². The van der Waals surface area contributed by atoms with Gasteiger partial charge in [0, 0.05) is 11.6 Å². The number of nitrogens with zero attached hydrogens (tertiary/aromatic N) is 5. The monoisotopic (exact) mass is 410 g/mol. The molecule has 0 spiro atoms. The molecule has 148 valence electrons. The van der Waals surface area contributed by atoms with Gasteiger partial charge in [-0.2, -0.15) is 4.98 Å². The Morgan fingerprint density at radius 3 is 2.72 bits per heavy atom. The number of hydrogen-bond acceptors (Lipinski definition) is 9. The molecule has 0 bridgehead atoms. The van der Waals surface area contributed by atoms with E-state index in [1.807, 2.05) is 48.5 Å². The third kappa shape index (κ3) is 4.49. The molecule has 2 N–H and O–H groups in total. The number of benzene rings is 2. The van der Waals surface area contributed by atoms with E-state index >= 15 is 0 Å². The number of aromatic nitrogens is 5. The van der Waals surface area contributed by atoms with Gasteiger partial charge in [-0.3, -0.25) is 0 Å². The van der Waals surface area contributed by atoms with E-state index in [0.29, 0.717) is 39.9 Å². The molecule has 0 aliphatic heterocycles. The zero-order chi connectivity index (χ0) is 20.1. The van der Waals surface area contributed by atoms with E-state index in [1.54, 1.807) is 13.2 Å². The summed E-state index contributed by atoms with van der Waals surface area (Å²) in [5, 5.41) is 12.7. The second-order valence-corrected chi connectivity index (χ2v) is 6.85. The normalized spacial score (nSPS) is 10.8. The minimum Gasteiger partial charge on any atom is -0.497 e. The number of nitrogen functional groups attached to an aromatic ring is 1. The number of thioether (sulfide) groups is 1. The molecular formula is C19H18N6O3S. The first kappa shape index (κ1) is 18.8. The van der Waals surface area contributed by atoms with Crippen molar-refractivity contribution in [3.05, 3.63) is 66.3 Å². The molecule has 0 amide bonds. The molecule has 9 nitrogen and oxygen atoms in total. The van der Waals surface area contributed by atoms with Crippen LogP contribution in [0.1, 0.15) is 11.7 Å². The van der Waals surface area contributed by atoms with E-state index in [-0.39, 0.29) is 6.61 Å². The summed E-state index contributed by atoms with van der Waals surface area (Å²) in [5.41, 5.74) is 0.895. The Labute approximate surface area is 170 Å². The first-order valence-electron chi connectivity index (χ1n) is 8.70. The van der Waals surface area contributed by atoms with E-state index in [0.717, 1.165) is 5.56 Å². The molecule has 2 heterocycles. The van der Waals surface area contributed by atoms with E-state index in [4.69, 9.17) is 19.8 Å². The fourth-order valence-corrected chi connectivity index (χ4v) is 3.20. The van der Waals surface area contributed by atoms with Crippen molar-refractivity contribution >= 4 is 11.8 Å². The predicted molar refractivity (Wildman–Crippen MR) is 107 cm³/mol. The topological polar surface area (TPSA) is 114 Å². The smallest absolute Gasteiger partial charge is 0.237 e. The van der Waals surface area contributed by atoms with Gasteiger partial charge in [-0.25, -0.2) is 4.68 Å². The highest BCUT2D eigenvalue weighted by molar-refractivity contribution is 7.98. The maximum atomic E-state index is 6.08. The maximum absolute atomic E-state index is 6.08. The fourth-order valence-electron chi connectivity index (χ4n) is 2.49. The van der Waals surface area contributed by atoms with Crippen molar-refractivity contribution in [2.24, 2.45) is 0 Å². The first-order valence-corrected chi connectivity index (χ1v) is 9.68. The number of rotatable bonds is 8. The van der Waals surface area contributed by atoms with Crippen LogP contribution in [0.2, 0.25) is 0 Å². The Balaban J connectivity index is 1.36. The lowest BCUT2D eigenvalue weighted by Crippen LogP contribution is -2.15. The van der Waals surface area contributed by atoms with Crippen LogP contribution in [0.25, 0.3) is 11.4 Å². The molecule has 0 radical (unpaired) electrons. The Hall–Kier alpha value is -3.53. The lowest BCUT2D eigenvalue weighted by atomic mass is 10.2. The van der Waals surface area contributed by atoms with Gasteiger partial charge in [0.1, 0.15) is 18.1 Å². The summed E-state index contributed by atoms with van der Waals surface area (Å²) >= 11 is 1.35. The zero-order valence-corrected chi connectivity index (χ0v) is 16.4. The van der Waals surface area contributed by atoms with Gasteiger partial charge in [-0.1, -0.05) is 53.3 Å². The Bertz CT molecular complexity index is 1080. The van der Waals surface area contributed by atoms with Crippen LogP contribution in [-0.2, 0) is 12.4 Å².